The molecule has 0 saturated carbocycles. The zero-order chi connectivity index (χ0) is 18.7. The van der Waals surface area contributed by atoms with Gasteiger partial charge in [0.1, 0.15) is 0 Å². The molecule has 1 aliphatic heterocycles. The predicted molar refractivity (Wildman–Crippen MR) is 98.6 cm³/mol. The molecular weight excluding hydrogens is 332 g/mol. The van der Waals surface area contributed by atoms with Crippen molar-refractivity contribution in [2.75, 3.05) is 26.3 Å². The van der Waals surface area contributed by atoms with Crippen LogP contribution < -0.4 is 10.5 Å². The molecule has 2 heterocycles. The summed E-state index contributed by atoms with van der Waals surface area (Å²) in [7, 11) is 0. The Balaban J connectivity index is 1.83. The highest BCUT2D eigenvalue weighted by Gasteiger charge is 2.22. The molecule has 1 aromatic carbocycles. The van der Waals surface area contributed by atoms with Gasteiger partial charge in [0.15, 0.2) is 0 Å². The van der Waals surface area contributed by atoms with Crippen molar-refractivity contribution < 1.29 is 14.3 Å². The molecule has 0 spiro atoms. The summed E-state index contributed by atoms with van der Waals surface area (Å²) in [6.07, 6.45) is -0.851. The number of ether oxygens (including phenoxy) is 2. The number of morpholine rings is 1. The lowest BCUT2D eigenvalue weighted by Gasteiger charge is -2.26. The van der Waals surface area contributed by atoms with E-state index in [1.807, 2.05) is 12.1 Å². The van der Waals surface area contributed by atoms with Gasteiger partial charge in [-0.2, -0.15) is 5.10 Å². The van der Waals surface area contributed by atoms with Crippen LogP contribution in [0.4, 0.5) is 4.79 Å². The zero-order valence-electron chi connectivity index (χ0n) is 15.6. The van der Waals surface area contributed by atoms with E-state index in [0.29, 0.717) is 5.88 Å². The number of carbonyl (C=O) groups excluding carboxylic acids is 1. The van der Waals surface area contributed by atoms with Gasteiger partial charge in [0.2, 0.25) is 5.88 Å². The van der Waals surface area contributed by atoms with E-state index in [1.165, 1.54) is 5.56 Å². The maximum absolute atomic E-state index is 11.2. The lowest BCUT2D eigenvalue weighted by Crippen LogP contribution is -2.35. The minimum absolute atomic E-state index is 0.169. The first kappa shape index (κ1) is 18.4. The van der Waals surface area contributed by atoms with E-state index in [0.717, 1.165) is 44.2 Å². The fraction of sp³-hybridized carbons (Fsp3) is 0.474. The summed E-state index contributed by atoms with van der Waals surface area (Å²) in [6, 6.07) is 9.84. The van der Waals surface area contributed by atoms with E-state index in [2.05, 4.69) is 42.9 Å². The average Bonchev–Trinajstić information content (AvgIpc) is 3.00. The number of aromatic nitrogens is 2. The summed E-state index contributed by atoms with van der Waals surface area (Å²) in [4.78, 5) is 13.6. The maximum Gasteiger partial charge on any atom is 0.411 e. The molecule has 7 nitrogen and oxygen atoms in total. The molecule has 0 bridgehead atoms. The van der Waals surface area contributed by atoms with Gasteiger partial charge >= 0.3 is 6.09 Å². The second-order valence-electron chi connectivity index (χ2n) is 7.51. The molecule has 140 valence electrons. The van der Waals surface area contributed by atoms with Crippen LogP contribution in [0.15, 0.2) is 30.3 Å². The first-order valence-corrected chi connectivity index (χ1v) is 8.80. The fourth-order valence-electron chi connectivity index (χ4n) is 2.85. The van der Waals surface area contributed by atoms with Crippen molar-refractivity contribution in [1.29, 1.82) is 0 Å². The van der Waals surface area contributed by atoms with Crippen molar-refractivity contribution in [2.24, 2.45) is 5.73 Å². The zero-order valence-corrected chi connectivity index (χ0v) is 15.6. The second-order valence-corrected chi connectivity index (χ2v) is 7.51. The van der Waals surface area contributed by atoms with E-state index in [1.54, 1.807) is 10.7 Å². The van der Waals surface area contributed by atoms with Crippen molar-refractivity contribution in [3.8, 4) is 11.6 Å². The minimum atomic E-state index is -0.851. The molecule has 2 N–H and O–H groups in total. The lowest BCUT2D eigenvalue weighted by atomic mass is 9.93. The number of amides is 1. The Kier molecular flexibility index (Phi) is 5.29. The molecule has 7 heteroatoms. The lowest BCUT2D eigenvalue weighted by molar-refractivity contribution is 0.0342. The van der Waals surface area contributed by atoms with Crippen LogP contribution in [0.1, 0.15) is 32.0 Å². The maximum atomic E-state index is 11.2. The monoisotopic (exact) mass is 358 g/mol. The quantitative estimate of drug-likeness (QED) is 0.908. The van der Waals surface area contributed by atoms with Gasteiger partial charge in [-0.1, -0.05) is 32.9 Å². The largest absolute Gasteiger partial charge is 0.411 e. The second kappa shape index (κ2) is 7.47. The number of hydrogen-bond acceptors (Lipinski definition) is 5. The van der Waals surface area contributed by atoms with Gasteiger partial charge in [0.25, 0.3) is 0 Å². The van der Waals surface area contributed by atoms with Crippen LogP contribution in [-0.4, -0.2) is 47.1 Å². The van der Waals surface area contributed by atoms with Crippen LogP contribution in [0.3, 0.4) is 0 Å². The molecule has 0 atom stereocenters. The molecule has 0 aliphatic carbocycles. The van der Waals surface area contributed by atoms with Crippen LogP contribution in [0.25, 0.3) is 5.69 Å². The number of nitrogens with two attached hydrogens (primary N) is 1. The van der Waals surface area contributed by atoms with Crippen LogP contribution in [0, 0.1) is 0 Å². The number of rotatable bonds is 4. The highest BCUT2D eigenvalue weighted by atomic mass is 16.6. The number of carbonyl (C=O) groups is 1. The topological polar surface area (TPSA) is 82.6 Å². The Hall–Kier alpha value is -2.38. The van der Waals surface area contributed by atoms with Crippen LogP contribution in [0.5, 0.6) is 5.88 Å². The average molecular weight is 358 g/mol. The molecule has 1 fully saturated rings. The first-order chi connectivity index (χ1) is 12.3. The van der Waals surface area contributed by atoms with Gasteiger partial charge < -0.3 is 15.2 Å². The summed E-state index contributed by atoms with van der Waals surface area (Å²) in [5, 5.41) is 4.61. The van der Waals surface area contributed by atoms with Crippen molar-refractivity contribution in [3.63, 3.8) is 0 Å². The fourth-order valence-corrected chi connectivity index (χ4v) is 2.85. The van der Waals surface area contributed by atoms with E-state index in [4.69, 9.17) is 15.2 Å². The predicted octanol–water partition coefficient (Wildman–Crippen LogP) is 2.46. The number of hydrogen-bond donors (Lipinski definition) is 1. The summed E-state index contributed by atoms with van der Waals surface area (Å²) < 4.78 is 12.1. The summed E-state index contributed by atoms with van der Waals surface area (Å²) >= 11 is 0. The molecular formula is C19H26N4O3. The third-order valence-corrected chi connectivity index (χ3v) is 4.34. The van der Waals surface area contributed by atoms with Crippen molar-refractivity contribution >= 4 is 6.09 Å². The Bertz CT molecular complexity index is 756. The number of benzene rings is 1. The molecule has 1 aliphatic rings. The van der Waals surface area contributed by atoms with Gasteiger partial charge in [0.05, 0.1) is 24.6 Å². The molecule has 1 aromatic heterocycles. The van der Waals surface area contributed by atoms with Crippen molar-refractivity contribution in [1.82, 2.24) is 14.7 Å². The van der Waals surface area contributed by atoms with Gasteiger partial charge in [-0.15, -0.1) is 0 Å². The highest BCUT2D eigenvalue weighted by Crippen LogP contribution is 2.27. The third kappa shape index (κ3) is 4.42. The van der Waals surface area contributed by atoms with Crippen LogP contribution >= 0.6 is 0 Å². The Morgan fingerprint density at radius 3 is 2.46 bits per heavy atom. The van der Waals surface area contributed by atoms with E-state index < -0.39 is 6.09 Å². The Morgan fingerprint density at radius 1 is 1.23 bits per heavy atom. The van der Waals surface area contributed by atoms with E-state index in [-0.39, 0.29) is 5.41 Å². The van der Waals surface area contributed by atoms with Crippen LogP contribution in [-0.2, 0) is 16.7 Å². The molecule has 3 rings (SSSR count). The van der Waals surface area contributed by atoms with Gasteiger partial charge in [0, 0.05) is 31.1 Å². The molecule has 1 saturated heterocycles. The van der Waals surface area contributed by atoms with Gasteiger partial charge in [-0.3, -0.25) is 4.90 Å². The normalized spacial score (nSPS) is 15.8. The van der Waals surface area contributed by atoms with E-state index >= 15 is 0 Å². The summed E-state index contributed by atoms with van der Waals surface area (Å²) in [5.41, 5.74) is 7.90. The number of nitrogens with zero attached hydrogens (tertiary/aromatic N) is 3. The third-order valence-electron chi connectivity index (χ3n) is 4.34. The first-order valence-electron chi connectivity index (χ1n) is 8.80. The molecule has 0 radical (unpaired) electrons. The molecule has 0 unspecified atom stereocenters. The molecule has 26 heavy (non-hydrogen) atoms. The highest BCUT2D eigenvalue weighted by molar-refractivity contribution is 5.67. The Labute approximate surface area is 153 Å². The smallest absolute Gasteiger partial charge is 0.391 e. The van der Waals surface area contributed by atoms with E-state index in [9.17, 15) is 4.79 Å². The summed E-state index contributed by atoms with van der Waals surface area (Å²) in [6.45, 7) is 10.5. The molecule has 1 amide bonds. The standard InChI is InChI=1S/C19H26N4O3/c1-19(2,3)16-12-17(26-18(20)24)23(21-16)15-6-4-14(5-7-15)13-22-8-10-25-11-9-22/h4-7,12H,8-11,13H2,1-3H3,(H2,20,24). The summed E-state index contributed by atoms with van der Waals surface area (Å²) in [5.74, 6) is 0.323. The Morgan fingerprint density at radius 2 is 1.88 bits per heavy atom. The van der Waals surface area contributed by atoms with Gasteiger partial charge in [-0.05, 0) is 17.7 Å². The van der Waals surface area contributed by atoms with Gasteiger partial charge in [-0.25, -0.2) is 9.48 Å². The molecule has 2 aromatic rings. The minimum Gasteiger partial charge on any atom is -0.391 e. The van der Waals surface area contributed by atoms with Crippen molar-refractivity contribution in [3.05, 3.63) is 41.6 Å². The SMILES string of the molecule is CC(C)(C)c1cc(OC(N)=O)n(-c2ccc(CN3CCOCC3)cc2)n1. The van der Waals surface area contributed by atoms with Crippen LogP contribution in [0.2, 0.25) is 0 Å². The number of primary amides is 1. The van der Waals surface area contributed by atoms with Crippen molar-refractivity contribution in [2.45, 2.75) is 32.7 Å².